The Morgan fingerprint density at radius 1 is 1.62 bits per heavy atom. The summed E-state index contributed by atoms with van der Waals surface area (Å²) in [6.07, 6.45) is 0.237. The van der Waals surface area contributed by atoms with Gasteiger partial charge in [0.25, 0.3) is 0 Å². The van der Waals surface area contributed by atoms with E-state index in [1.807, 2.05) is 0 Å². The molecule has 0 radical (unpaired) electrons. The third-order valence-corrected chi connectivity index (χ3v) is 1.89. The molecule has 0 aromatic carbocycles. The minimum absolute atomic E-state index is 0.237. The molecule has 0 bridgehead atoms. The van der Waals surface area contributed by atoms with Crippen molar-refractivity contribution in [1.29, 1.82) is 0 Å². The number of anilines is 1. The van der Waals surface area contributed by atoms with Gasteiger partial charge in [0, 0.05) is 26.1 Å². The molecule has 0 saturated carbocycles. The van der Waals surface area contributed by atoms with Gasteiger partial charge in [-0.2, -0.15) is 0 Å². The maximum absolute atomic E-state index is 10.5. The summed E-state index contributed by atoms with van der Waals surface area (Å²) in [6, 6.07) is 1.57. The first-order valence-corrected chi connectivity index (χ1v) is 5.04. The average Bonchev–Trinajstić information content (AvgIpc) is 2.16. The van der Waals surface area contributed by atoms with E-state index in [0.717, 1.165) is 0 Å². The van der Waals surface area contributed by atoms with Crippen LogP contribution in [0.5, 0.6) is 0 Å². The van der Waals surface area contributed by atoms with Crippen LogP contribution in [0.4, 0.5) is 5.82 Å². The third kappa shape index (κ3) is 4.41. The van der Waals surface area contributed by atoms with Gasteiger partial charge < -0.3 is 15.8 Å². The van der Waals surface area contributed by atoms with Crippen molar-refractivity contribution in [3.8, 4) is 0 Å². The topological polar surface area (TPSA) is 90.1 Å². The van der Waals surface area contributed by atoms with Gasteiger partial charge in [-0.3, -0.25) is 4.79 Å². The van der Waals surface area contributed by atoms with E-state index in [4.69, 9.17) is 22.1 Å². The van der Waals surface area contributed by atoms with Crippen LogP contribution in [0.1, 0.15) is 12.2 Å². The van der Waals surface area contributed by atoms with E-state index in [1.54, 1.807) is 13.2 Å². The zero-order valence-corrected chi connectivity index (χ0v) is 9.62. The van der Waals surface area contributed by atoms with Gasteiger partial charge in [-0.05, 0) is 0 Å². The van der Waals surface area contributed by atoms with Crippen LogP contribution in [0, 0.1) is 0 Å². The van der Waals surface area contributed by atoms with Gasteiger partial charge in [0.15, 0.2) is 5.82 Å². The van der Waals surface area contributed by atoms with Gasteiger partial charge in [0.1, 0.15) is 17.6 Å². The highest BCUT2D eigenvalue weighted by Gasteiger charge is 2.03. The van der Waals surface area contributed by atoms with E-state index in [9.17, 15) is 4.79 Å². The lowest BCUT2D eigenvalue weighted by Gasteiger charge is -2.06. The van der Waals surface area contributed by atoms with Crippen LogP contribution in [-0.2, 0) is 16.1 Å². The molecule has 7 heteroatoms. The normalized spacial score (nSPS) is 10.1. The predicted molar refractivity (Wildman–Crippen MR) is 60.1 cm³/mol. The molecule has 1 aromatic rings. The fraction of sp³-hybridized carbons (Fsp3) is 0.444. The third-order valence-electron chi connectivity index (χ3n) is 1.69. The number of amides is 1. The molecule has 6 nitrogen and oxygen atoms in total. The molecule has 0 unspecified atom stereocenters. The van der Waals surface area contributed by atoms with Crippen molar-refractivity contribution in [3.63, 3.8) is 0 Å². The highest BCUT2D eigenvalue weighted by molar-refractivity contribution is 6.29. The second-order valence-corrected chi connectivity index (χ2v) is 3.46. The van der Waals surface area contributed by atoms with E-state index >= 15 is 0 Å². The predicted octanol–water partition coefficient (Wildman–Crippen LogP) is 0.564. The lowest BCUT2D eigenvalue weighted by Crippen LogP contribution is -2.16. The number of rotatable bonds is 6. The zero-order valence-electron chi connectivity index (χ0n) is 8.86. The highest BCUT2D eigenvalue weighted by atomic mass is 35.5. The van der Waals surface area contributed by atoms with E-state index < -0.39 is 0 Å². The smallest absolute Gasteiger partial charge is 0.219 e. The summed E-state index contributed by atoms with van der Waals surface area (Å²) >= 11 is 5.79. The van der Waals surface area contributed by atoms with E-state index in [1.165, 1.54) is 0 Å². The molecule has 0 atom stereocenters. The Kier molecular flexibility index (Phi) is 4.94. The molecule has 0 aliphatic rings. The summed E-state index contributed by atoms with van der Waals surface area (Å²) in [5.74, 6) is 0.662. The molecule has 0 fully saturated rings. The standard InChI is InChI=1S/C9H13ClN4O2/c1-16-5-9-13-6(10)4-8(14-9)12-3-2-7(11)15/h4H,2-3,5H2,1H3,(H2,11,15)(H,12,13,14). The molecule has 16 heavy (non-hydrogen) atoms. The maximum atomic E-state index is 10.5. The summed E-state index contributed by atoms with van der Waals surface area (Å²) in [5.41, 5.74) is 5.01. The van der Waals surface area contributed by atoms with Crippen LogP contribution in [-0.4, -0.2) is 29.5 Å². The van der Waals surface area contributed by atoms with Crippen LogP contribution < -0.4 is 11.1 Å². The van der Waals surface area contributed by atoms with Gasteiger partial charge in [-0.15, -0.1) is 0 Å². The molecule has 1 heterocycles. The van der Waals surface area contributed by atoms with E-state index in [-0.39, 0.29) is 18.9 Å². The molecule has 0 aliphatic heterocycles. The summed E-state index contributed by atoms with van der Waals surface area (Å²) in [5, 5.41) is 3.25. The molecule has 1 aromatic heterocycles. The Morgan fingerprint density at radius 2 is 2.38 bits per heavy atom. The average molecular weight is 245 g/mol. The van der Waals surface area contributed by atoms with Crippen molar-refractivity contribution in [1.82, 2.24) is 9.97 Å². The quantitative estimate of drug-likeness (QED) is 0.714. The molecular weight excluding hydrogens is 232 g/mol. The lowest BCUT2D eigenvalue weighted by atomic mass is 10.4. The van der Waals surface area contributed by atoms with Gasteiger partial charge in [-0.25, -0.2) is 9.97 Å². The minimum atomic E-state index is -0.371. The van der Waals surface area contributed by atoms with Crippen molar-refractivity contribution < 1.29 is 9.53 Å². The second-order valence-electron chi connectivity index (χ2n) is 3.07. The van der Waals surface area contributed by atoms with Crippen LogP contribution in [0.3, 0.4) is 0 Å². The Hall–Kier alpha value is -1.40. The van der Waals surface area contributed by atoms with Gasteiger partial charge in [-0.1, -0.05) is 11.6 Å². The fourth-order valence-electron chi connectivity index (χ4n) is 1.06. The first-order chi connectivity index (χ1) is 7.61. The van der Waals surface area contributed by atoms with Crippen LogP contribution in [0.15, 0.2) is 6.07 Å². The monoisotopic (exact) mass is 244 g/mol. The van der Waals surface area contributed by atoms with Crippen molar-refractivity contribution in [2.24, 2.45) is 5.73 Å². The molecule has 0 saturated heterocycles. The number of hydrogen-bond acceptors (Lipinski definition) is 5. The summed E-state index contributed by atoms with van der Waals surface area (Å²) in [6.45, 7) is 0.695. The van der Waals surface area contributed by atoms with Gasteiger partial charge in [0.2, 0.25) is 5.91 Å². The van der Waals surface area contributed by atoms with Crippen LogP contribution in [0.2, 0.25) is 5.15 Å². The number of nitrogens with one attached hydrogen (secondary N) is 1. The van der Waals surface area contributed by atoms with E-state index in [0.29, 0.717) is 23.3 Å². The Bertz CT molecular complexity index is 373. The summed E-state index contributed by atoms with van der Waals surface area (Å²) in [7, 11) is 1.55. The largest absolute Gasteiger partial charge is 0.377 e. The number of nitrogens with zero attached hydrogens (tertiary/aromatic N) is 2. The number of methoxy groups -OCH3 is 1. The molecule has 0 spiro atoms. The van der Waals surface area contributed by atoms with Crippen molar-refractivity contribution >= 4 is 23.3 Å². The van der Waals surface area contributed by atoms with Crippen molar-refractivity contribution in [2.45, 2.75) is 13.0 Å². The molecule has 0 aliphatic carbocycles. The number of aromatic nitrogens is 2. The number of ether oxygens (including phenoxy) is 1. The zero-order chi connectivity index (χ0) is 12.0. The highest BCUT2D eigenvalue weighted by Crippen LogP contribution is 2.11. The molecular formula is C9H13ClN4O2. The Labute approximate surface area is 98.2 Å². The van der Waals surface area contributed by atoms with Gasteiger partial charge >= 0.3 is 0 Å². The first kappa shape index (κ1) is 12.7. The Balaban J connectivity index is 2.61. The SMILES string of the molecule is COCc1nc(Cl)cc(NCCC(N)=O)n1. The van der Waals surface area contributed by atoms with Crippen LogP contribution >= 0.6 is 11.6 Å². The Morgan fingerprint density at radius 3 is 3.00 bits per heavy atom. The first-order valence-electron chi connectivity index (χ1n) is 4.66. The number of nitrogens with two attached hydrogens (primary N) is 1. The number of carbonyl (C=O) groups is 1. The van der Waals surface area contributed by atoms with E-state index in [2.05, 4.69) is 15.3 Å². The number of hydrogen-bond donors (Lipinski definition) is 2. The number of carbonyl (C=O) groups excluding carboxylic acids is 1. The summed E-state index contributed by atoms with van der Waals surface area (Å²) < 4.78 is 4.90. The maximum Gasteiger partial charge on any atom is 0.219 e. The second kappa shape index (κ2) is 6.24. The summed E-state index contributed by atoms with van der Waals surface area (Å²) in [4.78, 5) is 18.6. The number of halogens is 1. The molecule has 88 valence electrons. The number of primary amides is 1. The fourth-order valence-corrected chi connectivity index (χ4v) is 1.26. The molecule has 3 N–H and O–H groups in total. The van der Waals surface area contributed by atoms with Crippen LogP contribution in [0.25, 0.3) is 0 Å². The lowest BCUT2D eigenvalue weighted by molar-refractivity contribution is -0.117. The molecule has 1 rings (SSSR count). The van der Waals surface area contributed by atoms with Gasteiger partial charge in [0.05, 0.1) is 0 Å². The van der Waals surface area contributed by atoms with Crippen molar-refractivity contribution in [2.75, 3.05) is 19.0 Å². The van der Waals surface area contributed by atoms with Crippen molar-refractivity contribution in [3.05, 3.63) is 17.0 Å². The molecule has 1 amide bonds. The minimum Gasteiger partial charge on any atom is -0.377 e.